The number of fused-ring (bicyclic) bond motifs is 1. The summed E-state index contributed by atoms with van der Waals surface area (Å²) in [5.74, 6) is 0.317. The molecule has 21 heavy (non-hydrogen) atoms. The topological polar surface area (TPSA) is 79.2 Å². The maximum atomic E-state index is 12.6. The van der Waals surface area contributed by atoms with Crippen LogP contribution in [0.25, 0.3) is 5.65 Å². The molecule has 106 valence electrons. The van der Waals surface area contributed by atoms with Gasteiger partial charge in [0, 0.05) is 43.3 Å². The number of H-pyrrole nitrogens is 1. The Balaban J connectivity index is 1.58. The number of carbonyl (C=O) groups excluding carboxylic acids is 1. The third-order valence-corrected chi connectivity index (χ3v) is 3.95. The summed E-state index contributed by atoms with van der Waals surface area (Å²) in [6.07, 6.45) is 7.74. The first-order valence-electron chi connectivity index (χ1n) is 6.90. The first-order chi connectivity index (χ1) is 10.3. The molecule has 7 heteroatoms. The summed E-state index contributed by atoms with van der Waals surface area (Å²) in [6.45, 7) is 1.44. The van der Waals surface area contributed by atoms with E-state index in [-0.39, 0.29) is 5.91 Å². The zero-order valence-corrected chi connectivity index (χ0v) is 11.3. The quantitative estimate of drug-likeness (QED) is 0.763. The number of aromatic amines is 1. The van der Waals surface area contributed by atoms with E-state index >= 15 is 0 Å². The molecule has 0 aromatic carbocycles. The molecule has 1 aliphatic heterocycles. The van der Waals surface area contributed by atoms with Gasteiger partial charge in [-0.25, -0.2) is 9.50 Å². The zero-order valence-electron chi connectivity index (χ0n) is 11.3. The van der Waals surface area contributed by atoms with Crippen LogP contribution in [0.5, 0.6) is 0 Å². The van der Waals surface area contributed by atoms with E-state index in [0.29, 0.717) is 23.7 Å². The summed E-state index contributed by atoms with van der Waals surface area (Å²) < 4.78 is 1.62. The van der Waals surface area contributed by atoms with Gasteiger partial charge in [-0.1, -0.05) is 0 Å². The van der Waals surface area contributed by atoms with E-state index in [9.17, 15) is 4.79 Å². The van der Waals surface area contributed by atoms with Crippen LogP contribution in [0.2, 0.25) is 0 Å². The number of nitrogens with zero attached hydrogens (tertiary/aromatic N) is 5. The summed E-state index contributed by atoms with van der Waals surface area (Å²) >= 11 is 0. The van der Waals surface area contributed by atoms with Crippen molar-refractivity contribution in [1.82, 2.24) is 29.7 Å². The van der Waals surface area contributed by atoms with Crippen molar-refractivity contribution in [3.63, 3.8) is 0 Å². The molecule has 0 spiro atoms. The van der Waals surface area contributed by atoms with Gasteiger partial charge in [0.25, 0.3) is 5.91 Å². The van der Waals surface area contributed by atoms with E-state index in [1.807, 2.05) is 11.0 Å². The molecule has 1 aliphatic rings. The third kappa shape index (κ3) is 1.97. The summed E-state index contributed by atoms with van der Waals surface area (Å²) in [7, 11) is 0. The Kier molecular flexibility index (Phi) is 2.70. The van der Waals surface area contributed by atoms with Crippen LogP contribution in [0, 0.1) is 0 Å². The SMILES string of the molecule is O=C(c1cnn2cccnc12)N1CC[C@H](c2ccn[nH]2)C1. The molecule has 0 saturated carbocycles. The molecule has 3 aromatic rings. The largest absolute Gasteiger partial charge is 0.338 e. The molecule has 0 aliphatic carbocycles. The van der Waals surface area contributed by atoms with Crippen molar-refractivity contribution in [2.75, 3.05) is 13.1 Å². The number of hydrogen-bond donors (Lipinski definition) is 1. The van der Waals surface area contributed by atoms with Crippen molar-refractivity contribution in [2.45, 2.75) is 12.3 Å². The van der Waals surface area contributed by atoms with Crippen LogP contribution in [0.1, 0.15) is 28.4 Å². The lowest BCUT2D eigenvalue weighted by atomic mass is 10.1. The van der Waals surface area contributed by atoms with Crippen molar-refractivity contribution >= 4 is 11.6 Å². The molecular formula is C14H14N6O. The molecule has 0 bridgehead atoms. The van der Waals surface area contributed by atoms with Gasteiger partial charge in [0.2, 0.25) is 0 Å². The highest BCUT2D eigenvalue weighted by atomic mass is 16.2. The Labute approximate surface area is 120 Å². The van der Waals surface area contributed by atoms with Crippen LogP contribution in [0.15, 0.2) is 36.9 Å². The molecule has 0 unspecified atom stereocenters. The van der Waals surface area contributed by atoms with Gasteiger partial charge in [-0.15, -0.1) is 0 Å². The van der Waals surface area contributed by atoms with E-state index in [1.165, 1.54) is 0 Å². The fourth-order valence-corrected chi connectivity index (χ4v) is 2.84. The van der Waals surface area contributed by atoms with Gasteiger partial charge in [0.1, 0.15) is 5.56 Å². The number of aromatic nitrogens is 5. The minimum atomic E-state index is -0.00860. The molecule has 1 atom stereocenters. The van der Waals surface area contributed by atoms with Crippen LogP contribution in [0.3, 0.4) is 0 Å². The number of likely N-dealkylation sites (tertiary alicyclic amines) is 1. The molecule has 1 N–H and O–H groups in total. The van der Waals surface area contributed by atoms with E-state index in [0.717, 1.165) is 18.7 Å². The van der Waals surface area contributed by atoms with Crippen molar-refractivity contribution in [3.05, 3.63) is 48.2 Å². The predicted octanol–water partition coefficient (Wildman–Crippen LogP) is 1.08. The van der Waals surface area contributed by atoms with Crippen LogP contribution in [0.4, 0.5) is 0 Å². The van der Waals surface area contributed by atoms with Gasteiger partial charge in [-0.3, -0.25) is 9.89 Å². The molecule has 0 radical (unpaired) electrons. The van der Waals surface area contributed by atoms with Gasteiger partial charge < -0.3 is 4.90 Å². The van der Waals surface area contributed by atoms with Crippen LogP contribution in [-0.2, 0) is 0 Å². The van der Waals surface area contributed by atoms with Crippen LogP contribution in [-0.4, -0.2) is 48.7 Å². The summed E-state index contributed by atoms with van der Waals surface area (Å²) in [5.41, 5.74) is 2.25. The van der Waals surface area contributed by atoms with Crippen molar-refractivity contribution in [2.24, 2.45) is 0 Å². The lowest BCUT2D eigenvalue weighted by molar-refractivity contribution is 0.0792. The van der Waals surface area contributed by atoms with Crippen LogP contribution < -0.4 is 0 Å². The van der Waals surface area contributed by atoms with Gasteiger partial charge in [0.05, 0.1) is 6.20 Å². The first-order valence-corrected chi connectivity index (χ1v) is 6.90. The van der Waals surface area contributed by atoms with Crippen LogP contribution >= 0.6 is 0 Å². The average molecular weight is 282 g/mol. The fourth-order valence-electron chi connectivity index (χ4n) is 2.84. The molecule has 1 fully saturated rings. The molecule has 3 aromatic heterocycles. The number of nitrogens with one attached hydrogen (secondary N) is 1. The summed E-state index contributed by atoms with van der Waals surface area (Å²) in [6, 6.07) is 3.76. The summed E-state index contributed by atoms with van der Waals surface area (Å²) in [5, 5.41) is 11.1. The Morgan fingerprint density at radius 1 is 1.38 bits per heavy atom. The van der Waals surface area contributed by atoms with E-state index < -0.39 is 0 Å². The first kappa shape index (κ1) is 12.1. The monoisotopic (exact) mass is 282 g/mol. The number of amides is 1. The highest BCUT2D eigenvalue weighted by Gasteiger charge is 2.30. The van der Waals surface area contributed by atoms with Gasteiger partial charge in [-0.2, -0.15) is 10.2 Å². The van der Waals surface area contributed by atoms with Gasteiger partial charge in [0.15, 0.2) is 5.65 Å². The number of rotatable bonds is 2. The second-order valence-corrected chi connectivity index (χ2v) is 5.19. The van der Waals surface area contributed by atoms with Crippen molar-refractivity contribution < 1.29 is 4.79 Å². The minimum absolute atomic E-state index is 0.00860. The maximum Gasteiger partial charge on any atom is 0.259 e. The zero-order chi connectivity index (χ0) is 14.2. The molecular weight excluding hydrogens is 268 g/mol. The maximum absolute atomic E-state index is 12.6. The van der Waals surface area contributed by atoms with Gasteiger partial charge in [-0.05, 0) is 18.6 Å². The lowest BCUT2D eigenvalue weighted by Gasteiger charge is -2.15. The van der Waals surface area contributed by atoms with Crippen molar-refractivity contribution in [1.29, 1.82) is 0 Å². The highest BCUT2D eigenvalue weighted by molar-refractivity contribution is 5.99. The Morgan fingerprint density at radius 3 is 3.19 bits per heavy atom. The Bertz CT molecular complexity index is 778. The Morgan fingerprint density at radius 2 is 2.33 bits per heavy atom. The predicted molar refractivity (Wildman–Crippen MR) is 74.8 cm³/mol. The lowest BCUT2D eigenvalue weighted by Crippen LogP contribution is -2.28. The highest BCUT2D eigenvalue weighted by Crippen LogP contribution is 2.27. The van der Waals surface area contributed by atoms with Crippen molar-refractivity contribution in [3.8, 4) is 0 Å². The average Bonchev–Trinajstić information content (AvgIpc) is 3.25. The van der Waals surface area contributed by atoms with E-state index in [1.54, 1.807) is 35.4 Å². The number of hydrogen-bond acceptors (Lipinski definition) is 4. The molecule has 1 amide bonds. The van der Waals surface area contributed by atoms with E-state index in [2.05, 4.69) is 20.3 Å². The smallest absolute Gasteiger partial charge is 0.259 e. The normalized spacial score (nSPS) is 18.5. The summed E-state index contributed by atoms with van der Waals surface area (Å²) in [4.78, 5) is 18.7. The van der Waals surface area contributed by atoms with E-state index in [4.69, 9.17) is 0 Å². The Hall–Kier alpha value is -2.70. The standard InChI is InChI=1S/C14H14N6O/c21-14(11-8-17-20-6-1-4-15-13(11)20)19-7-3-10(9-19)12-2-5-16-18-12/h1-2,4-6,8,10H,3,7,9H2,(H,16,18)/t10-/m0/s1. The number of carbonyl (C=O) groups is 1. The molecule has 7 nitrogen and oxygen atoms in total. The fraction of sp³-hybridized carbons (Fsp3) is 0.286. The second kappa shape index (κ2) is 4.69. The van der Waals surface area contributed by atoms with Gasteiger partial charge >= 0.3 is 0 Å². The molecule has 4 heterocycles. The molecule has 4 rings (SSSR count). The minimum Gasteiger partial charge on any atom is -0.338 e. The third-order valence-electron chi connectivity index (χ3n) is 3.95. The molecule has 1 saturated heterocycles. The second-order valence-electron chi connectivity index (χ2n) is 5.19.